The number of hydrogen-bond donors (Lipinski definition) is 3. The van der Waals surface area contributed by atoms with Gasteiger partial charge in [-0.1, -0.05) is 30.4 Å². The molecule has 1 atom stereocenters. The van der Waals surface area contributed by atoms with E-state index in [9.17, 15) is 14.4 Å². The summed E-state index contributed by atoms with van der Waals surface area (Å²) >= 11 is 1.28. The summed E-state index contributed by atoms with van der Waals surface area (Å²) < 4.78 is 0. The lowest BCUT2D eigenvalue weighted by Gasteiger charge is -2.13. The van der Waals surface area contributed by atoms with Crippen molar-refractivity contribution in [2.75, 3.05) is 10.6 Å². The maximum absolute atomic E-state index is 12.2. The lowest BCUT2D eigenvalue weighted by atomic mass is 10.1. The molecule has 0 saturated heterocycles. The summed E-state index contributed by atoms with van der Waals surface area (Å²) in [6.45, 7) is 1.94. The van der Waals surface area contributed by atoms with Crippen LogP contribution in [0.1, 0.15) is 28.7 Å². The SMILES string of the molecule is CCc1nnc(NC(=O)C[C@@H]2NC(=O)c3ccccc3NC2=O)s1. The summed E-state index contributed by atoms with van der Waals surface area (Å²) in [6.07, 6.45) is 0.541. The Morgan fingerprint density at radius 3 is 2.83 bits per heavy atom. The first-order valence-corrected chi connectivity index (χ1v) is 8.21. The van der Waals surface area contributed by atoms with E-state index in [0.717, 1.165) is 11.4 Å². The van der Waals surface area contributed by atoms with Crippen LogP contribution in [0.3, 0.4) is 0 Å². The Morgan fingerprint density at radius 2 is 2.08 bits per heavy atom. The van der Waals surface area contributed by atoms with Gasteiger partial charge < -0.3 is 16.0 Å². The molecule has 124 valence electrons. The Bertz CT molecular complexity index is 804. The van der Waals surface area contributed by atoms with Gasteiger partial charge in [0.2, 0.25) is 16.9 Å². The number of amides is 3. The Labute approximate surface area is 141 Å². The molecule has 1 aromatic heterocycles. The third kappa shape index (κ3) is 3.40. The van der Waals surface area contributed by atoms with Gasteiger partial charge >= 0.3 is 0 Å². The van der Waals surface area contributed by atoms with Gasteiger partial charge in [0, 0.05) is 0 Å². The monoisotopic (exact) mass is 345 g/mol. The van der Waals surface area contributed by atoms with Crippen LogP contribution in [-0.4, -0.2) is 34.0 Å². The molecule has 8 nitrogen and oxygen atoms in total. The largest absolute Gasteiger partial charge is 0.340 e. The van der Waals surface area contributed by atoms with Gasteiger partial charge in [0.25, 0.3) is 5.91 Å². The Morgan fingerprint density at radius 1 is 1.29 bits per heavy atom. The minimum atomic E-state index is -0.955. The fraction of sp³-hybridized carbons (Fsp3) is 0.267. The van der Waals surface area contributed by atoms with E-state index in [1.807, 2.05) is 6.92 Å². The summed E-state index contributed by atoms with van der Waals surface area (Å²) in [4.78, 5) is 36.5. The van der Waals surface area contributed by atoms with Crippen molar-refractivity contribution in [2.45, 2.75) is 25.8 Å². The van der Waals surface area contributed by atoms with Crippen LogP contribution in [0.5, 0.6) is 0 Å². The number of rotatable bonds is 4. The van der Waals surface area contributed by atoms with Gasteiger partial charge in [-0.05, 0) is 18.6 Å². The van der Waals surface area contributed by atoms with Crippen LogP contribution in [0.15, 0.2) is 24.3 Å². The number of hydrogen-bond acceptors (Lipinski definition) is 6. The smallest absolute Gasteiger partial charge is 0.254 e. The highest BCUT2D eigenvalue weighted by atomic mass is 32.1. The van der Waals surface area contributed by atoms with Crippen LogP contribution in [0.25, 0.3) is 0 Å². The fourth-order valence-electron chi connectivity index (χ4n) is 2.26. The topological polar surface area (TPSA) is 113 Å². The fourth-order valence-corrected chi connectivity index (χ4v) is 2.95. The molecular formula is C15H15N5O3S. The highest BCUT2D eigenvalue weighted by molar-refractivity contribution is 7.15. The highest BCUT2D eigenvalue weighted by Gasteiger charge is 2.29. The van der Waals surface area contributed by atoms with Gasteiger partial charge in [0.1, 0.15) is 11.0 Å². The van der Waals surface area contributed by atoms with Gasteiger partial charge in [0.05, 0.1) is 17.7 Å². The van der Waals surface area contributed by atoms with Crippen molar-refractivity contribution in [1.29, 1.82) is 0 Å². The van der Waals surface area contributed by atoms with Crippen LogP contribution in [0.4, 0.5) is 10.8 Å². The second-order valence-electron chi connectivity index (χ2n) is 5.17. The molecule has 9 heteroatoms. The summed E-state index contributed by atoms with van der Waals surface area (Å²) in [5.74, 6) is -1.25. The van der Waals surface area contributed by atoms with Crippen LogP contribution in [0, 0.1) is 0 Å². The molecule has 2 aromatic rings. The van der Waals surface area contributed by atoms with Crippen LogP contribution in [-0.2, 0) is 16.0 Å². The number of para-hydroxylation sites is 1. The minimum absolute atomic E-state index is 0.188. The Kier molecular flexibility index (Phi) is 4.52. The molecule has 0 saturated carbocycles. The van der Waals surface area contributed by atoms with Crippen molar-refractivity contribution in [1.82, 2.24) is 15.5 Å². The molecule has 0 unspecified atom stereocenters. The summed E-state index contributed by atoms with van der Waals surface area (Å²) in [5.41, 5.74) is 0.796. The van der Waals surface area contributed by atoms with Crippen molar-refractivity contribution >= 4 is 39.9 Å². The molecule has 0 radical (unpaired) electrons. The normalized spacial score (nSPS) is 16.6. The van der Waals surface area contributed by atoms with Gasteiger partial charge in [-0.3, -0.25) is 14.4 Å². The average molecular weight is 345 g/mol. The second kappa shape index (κ2) is 6.75. The van der Waals surface area contributed by atoms with Crippen LogP contribution in [0.2, 0.25) is 0 Å². The first-order valence-electron chi connectivity index (χ1n) is 7.39. The number of fused-ring (bicyclic) bond motifs is 1. The third-order valence-electron chi connectivity index (χ3n) is 3.46. The molecule has 3 amide bonds. The van der Waals surface area contributed by atoms with E-state index in [4.69, 9.17) is 0 Å². The van der Waals surface area contributed by atoms with Gasteiger partial charge in [-0.2, -0.15) is 0 Å². The lowest BCUT2D eigenvalue weighted by Crippen LogP contribution is -2.43. The molecule has 2 heterocycles. The number of anilines is 2. The summed E-state index contributed by atoms with van der Waals surface area (Å²) in [7, 11) is 0. The number of aromatic nitrogens is 2. The van der Waals surface area contributed by atoms with Crippen LogP contribution < -0.4 is 16.0 Å². The molecule has 0 aliphatic carbocycles. The van der Waals surface area contributed by atoms with Gasteiger partial charge in [0.15, 0.2) is 0 Å². The van der Waals surface area contributed by atoms with Crippen molar-refractivity contribution in [2.24, 2.45) is 0 Å². The molecular weight excluding hydrogens is 330 g/mol. The summed E-state index contributed by atoms with van der Waals surface area (Å²) in [5, 5.41) is 16.8. The van der Waals surface area contributed by atoms with Crippen molar-refractivity contribution in [3.8, 4) is 0 Å². The number of benzene rings is 1. The number of aryl methyl sites for hydroxylation is 1. The van der Waals surface area contributed by atoms with Crippen molar-refractivity contribution in [3.63, 3.8) is 0 Å². The molecule has 1 aliphatic heterocycles. The predicted molar refractivity (Wildman–Crippen MR) is 88.9 cm³/mol. The average Bonchev–Trinajstić information content (AvgIpc) is 2.97. The zero-order valence-electron chi connectivity index (χ0n) is 12.8. The molecule has 3 rings (SSSR count). The molecule has 0 bridgehead atoms. The highest BCUT2D eigenvalue weighted by Crippen LogP contribution is 2.19. The molecule has 0 fully saturated rings. The zero-order valence-corrected chi connectivity index (χ0v) is 13.6. The molecule has 0 spiro atoms. The van der Waals surface area contributed by atoms with E-state index in [0.29, 0.717) is 16.4 Å². The Hall–Kier alpha value is -2.81. The maximum atomic E-state index is 12.2. The van der Waals surface area contributed by atoms with Crippen molar-refractivity contribution in [3.05, 3.63) is 34.8 Å². The van der Waals surface area contributed by atoms with Gasteiger partial charge in [-0.25, -0.2) is 0 Å². The van der Waals surface area contributed by atoms with E-state index in [1.54, 1.807) is 24.3 Å². The summed E-state index contributed by atoms with van der Waals surface area (Å²) in [6, 6.07) is 5.73. The second-order valence-corrected chi connectivity index (χ2v) is 6.23. The number of nitrogens with one attached hydrogen (secondary N) is 3. The van der Waals surface area contributed by atoms with E-state index in [1.165, 1.54) is 11.3 Å². The number of nitrogens with zero attached hydrogens (tertiary/aromatic N) is 2. The van der Waals surface area contributed by atoms with Crippen LogP contribution >= 0.6 is 11.3 Å². The van der Waals surface area contributed by atoms with Crippen molar-refractivity contribution < 1.29 is 14.4 Å². The first kappa shape index (κ1) is 16.1. The van der Waals surface area contributed by atoms with E-state index in [2.05, 4.69) is 26.1 Å². The number of carbonyl (C=O) groups excluding carboxylic acids is 3. The zero-order chi connectivity index (χ0) is 17.1. The molecule has 1 aromatic carbocycles. The molecule has 3 N–H and O–H groups in total. The lowest BCUT2D eigenvalue weighted by molar-refractivity contribution is -0.122. The van der Waals surface area contributed by atoms with E-state index in [-0.39, 0.29) is 6.42 Å². The van der Waals surface area contributed by atoms with E-state index < -0.39 is 23.8 Å². The predicted octanol–water partition coefficient (Wildman–Crippen LogP) is 1.18. The number of carbonyl (C=O) groups is 3. The third-order valence-corrected chi connectivity index (χ3v) is 4.44. The Balaban J connectivity index is 1.68. The van der Waals surface area contributed by atoms with Gasteiger partial charge in [-0.15, -0.1) is 10.2 Å². The molecule has 24 heavy (non-hydrogen) atoms. The van der Waals surface area contributed by atoms with E-state index >= 15 is 0 Å². The quantitative estimate of drug-likeness (QED) is 0.770. The minimum Gasteiger partial charge on any atom is -0.340 e. The standard InChI is InChI=1S/C15H15N5O3S/c1-2-12-19-20-15(24-12)18-11(21)7-10-14(23)16-9-6-4-3-5-8(9)13(22)17-10/h3-6,10H,2,7H2,1H3,(H,16,23)(H,17,22)(H,18,20,21)/t10-/m0/s1. The molecule has 1 aliphatic rings. The first-order chi connectivity index (χ1) is 11.6. The maximum Gasteiger partial charge on any atom is 0.254 e.